The molecule has 2 aromatic rings. The predicted molar refractivity (Wildman–Crippen MR) is 104 cm³/mol. The van der Waals surface area contributed by atoms with Crippen LogP contribution in [0.3, 0.4) is 0 Å². The number of nitrogens with one attached hydrogen (secondary N) is 1. The highest BCUT2D eigenvalue weighted by molar-refractivity contribution is 6.36. The molecule has 0 bridgehead atoms. The second-order valence-corrected chi connectivity index (χ2v) is 5.80. The number of carbonyl (C=O) groups excluding carboxylic acids is 3. The van der Waals surface area contributed by atoms with Crippen LogP contribution in [-0.2, 0) is 14.3 Å². The highest BCUT2D eigenvalue weighted by Crippen LogP contribution is 2.17. The molecule has 0 fully saturated rings. The Labute approximate surface area is 155 Å². The van der Waals surface area contributed by atoms with Gasteiger partial charge < -0.3 is 14.6 Å². The molecule has 6 heteroatoms. The van der Waals surface area contributed by atoms with Crippen LogP contribution < -0.4 is 0 Å². The third-order valence-electron chi connectivity index (χ3n) is 3.03. The van der Waals surface area contributed by atoms with Gasteiger partial charge in [-0.3, -0.25) is 14.4 Å². The molecule has 0 atom stereocenters. The summed E-state index contributed by atoms with van der Waals surface area (Å²) in [5.41, 5.74) is 1.30. The molecule has 0 amide bonds. The molecule has 0 spiro atoms. The zero-order chi connectivity index (χ0) is 19.9. The number of benzene rings is 1. The number of hydrogen-bond donors (Lipinski definition) is 1. The Morgan fingerprint density at radius 1 is 1.15 bits per heavy atom. The van der Waals surface area contributed by atoms with Crippen molar-refractivity contribution in [3.05, 3.63) is 36.0 Å². The molecular weight excluding hydrogens is 332 g/mol. The molecule has 0 radical (unpaired) electrons. The molecule has 0 saturated carbocycles. The number of aldehydes is 1. The number of ether oxygens (including phenoxy) is 1. The molecule has 0 saturated heterocycles. The van der Waals surface area contributed by atoms with E-state index in [1.165, 1.54) is 6.42 Å². The number of ketones is 1. The summed E-state index contributed by atoms with van der Waals surface area (Å²) in [4.78, 5) is 37.0. The summed E-state index contributed by atoms with van der Waals surface area (Å²) in [7, 11) is 3.86. The monoisotopic (exact) mass is 362 g/mol. The molecule has 2 rings (SSSR count). The van der Waals surface area contributed by atoms with E-state index in [4.69, 9.17) is 4.74 Å². The normalized spacial score (nSPS) is 9.62. The van der Waals surface area contributed by atoms with Gasteiger partial charge in [-0.25, -0.2) is 0 Å². The Morgan fingerprint density at radius 2 is 1.77 bits per heavy atom. The summed E-state index contributed by atoms with van der Waals surface area (Å²) < 4.78 is 4.73. The van der Waals surface area contributed by atoms with Gasteiger partial charge in [0.2, 0.25) is 5.78 Å². The summed E-state index contributed by atoms with van der Waals surface area (Å²) in [6.45, 7) is 7.30. The maximum absolute atomic E-state index is 11.1. The molecule has 26 heavy (non-hydrogen) atoms. The van der Waals surface area contributed by atoms with Gasteiger partial charge in [-0.15, -0.1) is 0 Å². The minimum atomic E-state index is -0.488. The van der Waals surface area contributed by atoms with Gasteiger partial charge in [-0.05, 0) is 27.1 Å². The van der Waals surface area contributed by atoms with E-state index in [2.05, 4.69) is 18.8 Å². The number of nitrogens with zero attached hydrogens (tertiary/aromatic N) is 1. The standard InChI is InChI=1S/C10H7NO2.C7H15NO2.C3H8/c12-6-10(13)8-5-11-9-4-2-1-3-7(8)9;1-4-10-7(9)5-6-8(2)3;1-3-2/h1-6,11H;4-6H2,1-3H3;3H2,1-2H3. The van der Waals surface area contributed by atoms with Crippen molar-refractivity contribution in [2.45, 2.75) is 33.6 Å². The first-order valence-electron chi connectivity index (χ1n) is 8.77. The molecule has 144 valence electrons. The molecule has 0 aliphatic heterocycles. The SMILES string of the molecule is CCC.CCOC(=O)CCN(C)C.O=CC(=O)c1c[nH]c2ccccc12. The maximum Gasteiger partial charge on any atom is 0.307 e. The first-order valence-corrected chi connectivity index (χ1v) is 8.77. The summed E-state index contributed by atoms with van der Waals surface area (Å²) >= 11 is 0. The molecule has 1 aromatic carbocycles. The van der Waals surface area contributed by atoms with Gasteiger partial charge in [0.1, 0.15) is 0 Å². The molecule has 0 unspecified atom stereocenters. The fraction of sp³-hybridized carbons (Fsp3) is 0.450. The number of Topliss-reactive ketones (excluding diaryl/α,β-unsaturated/α-hetero) is 1. The molecule has 6 nitrogen and oxygen atoms in total. The Morgan fingerprint density at radius 3 is 2.31 bits per heavy atom. The Bertz CT molecular complexity index is 677. The third-order valence-corrected chi connectivity index (χ3v) is 3.03. The lowest BCUT2D eigenvalue weighted by Gasteiger charge is -2.07. The number of rotatable bonds is 6. The van der Waals surface area contributed by atoms with Crippen molar-refractivity contribution < 1.29 is 19.1 Å². The number of aromatic amines is 1. The fourth-order valence-electron chi connectivity index (χ4n) is 1.89. The fourth-order valence-corrected chi connectivity index (χ4v) is 1.89. The largest absolute Gasteiger partial charge is 0.466 e. The van der Waals surface area contributed by atoms with Gasteiger partial charge in [0.05, 0.1) is 18.6 Å². The second kappa shape index (κ2) is 13.8. The summed E-state index contributed by atoms with van der Waals surface area (Å²) in [6.07, 6.45) is 3.62. The van der Waals surface area contributed by atoms with Crippen molar-refractivity contribution in [2.75, 3.05) is 27.2 Å². The van der Waals surface area contributed by atoms with E-state index in [0.717, 1.165) is 17.4 Å². The lowest BCUT2D eigenvalue weighted by Crippen LogP contribution is -2.17. The van der Waals surface area contributed by atoms with Crippen molar-refractivity contribution in [1.82, 2.24) is 9.88 Å². The number of aromatic nitrogens is 1. The third kappa shape index (κ3) is 9.13. The highest BCUT2D eigenvalue weighted by Gasteiger charge is 2.09. The van der Waals surface area contributed by atoms with Crippen LogP contribution in [0.2, 0.25) is 0 Å². The predicted octanol–water partition coefficient (Wildman–Crippen LogP) is 3.47. The first-order chi connectivity index (χ1) is 12.4. The van der Waals surface area contributed by atoms with E-state index < -0.39 is 5.78 Å². The van der Waals surface area contributed by atoms with E-state index in [1.54, 1.807) is 6.20 Å². The number of para-hydroxylation sites is 1. The molecule has 1 heterocycles. The van der Waals surface area contributed by atoms with Crippen molar-refractivity contribution in [2.24, 2.45) is 0 Å². The van der Waals surface area contributed by atoms with Gasteiger partial charge in [0.15, 0.2) is 6.29 Å². The summed E-state index contributed by atoms with van der Waals surface area (Å²) in [5, 5.41) is 0.791. The lowest BCUT2D eigenvalue weighted by molar-refractivity contribution is -0.143. The number of carbonyl (C=O) groups is 3. The van der Waals surface area contributed by atoms with E-state index in [-0.39, 0.29) is 5.97 Å². The average Bonchev–Trinajstić information content (AvgIpc) is 3.05. The van der Waals surface area contributed by atoms with Crippen molar-refractivity contribution >= 4 is 28.9 Å². The molecule has 1 aromatic heterocycles. The van der Waals surface area contributed by atoms with Crippen LogP contribution in [0.25, 0.3) is 10.9 Å². The lowest BCUT2D eigenvalue weighted by atomic mass is 10.1. The minimum absolute atomic E-state index is 0.115. The number of fused-ring (bicyclic) bond motifs is 1. The molecule has 1 N–H and O–H groups in total. The Balaban J connectivity index is 0.000000432. The first kappa shape index (κ1) is 23.5. The van der Waals surface area contributed by atoms with Crippen LogP contribution in [0.15, 0.2) is 30.5 Å². The zero-order valence-electron chi connectivity index (χ0n) is 16.4. The molecule has 0 aliphatic carbocycles. The van der Waals surface area contributed by atoms with Gasteiger partial charge >= 0.3 is 5.97 Å². The quantitative estimate of drug-likeness (QED) is 0.368. The minimum Gasteiger partial charge on any atom is -0.466 e. The number of esters is 1. The topological polar surface area (TPSA) is 79.5 Å². The van der Waals surface area contributed by atoms with Gasteiger partial charge in [-0.1, -0.05) is 38.5 Å². The maximum atomic E-state index is 11.1. The zero-order valence-corrected chi connectivity index (χ0v) is 16.4. The molecular formula is C20H30N2O4. The number of H-pyrrole nitrogens is 1. The van der Waals surface area contributed by atoms with Crippen LogP contribution in [0, 0.1) is 0 Å². The van der Waals surface area contributed by atoms with Gasteiger partial charge in [-0.2, -0.15) is 0 Å². The summed E-state index contributed by atoms with van der Waals surface area (Å²) in [6, 6.07) is 7.37. The van der Waals surface area contributed by atoms with E-state index in [9.17, 15) is 14.4 Å². The highest BCUT2D eigenvalue weighted by atomic mass is 16.5. The second-order valence-electron chi connectivity index (χ2n) is 5.80. The average molecular weight is 362 g/mol. The van der Waals surface area contributed by atoms with Crippen LogP contribution in [0.5, 0.6) is 0 Å². The number of hydrogen-bond acceptors (Lipinski definition) is 5. The van der Waals surface area contributed by atoms with Crippen molar-refractivity contribution in [1.29, 1.82) is 0 Å². The van der Waals surface area contributed by atoms with Crippen LogP contribution in [-0.4, -0.2) is 55.2 Å². The molecule has 0 aliphatic rings. The van der Waals surface area contributed by atoms with E-state index in [1.807, 2.05) is 50.2 Å². The summed E-state index contributed by atoms with van der Waals surface area (Å²) in [5.74, 6) is -0.603. The van der Waals surface area contributed by atoms with Crippen molar-refractivity contribution in [3.63, 3.8) is 0 Å². The Hall–Kier alpha value is -2.47. The van der Waals surface area contributed by atoms with Crippen molar-refractivity contribution in [3.8, 4) is 0 Å². The van der Waals surface area contributed by atoms with Crippen LogP contribution >= 0.6 is 0 Å². The smallest absolute Gasteiger partial charge is 0.307 e. The Kier molecular flexibility index (Phi) is 12.5. The van der Waals surface area contributed by atoms with E-state index >= 15 is 0 Å². The van der Waals surface area contributed by atoms with Crippen LogP contribution in [0.4, 0.5) is 0 Å². The van der Waals surface area contributed by atoms with Gasteiger partial charge in [0.25, 0.3) is 0 Å². The van der Waals surface area contributed by atoms with E-state index in [0.29, 0.717) is 24.9 Å². The van der Waals surface area contributed by atoms with Gasteiger partial charge in [0, 0.05) is 23.6 Å². The van der Waals surface area contributed by atoms with Crippen LogP contribution in [0.1, 0.15) is 44.0 Å².